The lowest BCUT2D eigenvalue weighted by Crippen LogP contribution is -2.22. The van der Waals surface area contributed by atoms with Gasteiger partial charge in [-0.05, 0) is 42.5 Å². The Hall–Kier alpha value is -3.18. The third-order valence-electron chi connectivity index (χ3n) is 4.17. The molecule has 158 valence electrons. The van der Waals surface area contributed by atoms with E-state index in [1.807, 2.05) is 0 Å². The molecule has 0 amide bonds. The maximum absolute atomic E-state index is 12.8. The first-order valence-corrected chi connectivity index (χ1v) is 10.8. The molecule has 0 aliphatic heterocycles. The van der Waals surface area contributed by atoms with Crippen molar-refractivity contribution in [1.82, 2.24) is 4.57 Å². The van der Waals surface area contributed by atoms with Crippen molar-refractivity contribution in [2.24, 2.45) is 4.40 Å². The normalized spacial score (nSPS) is 12.0. The molecule has 3 rings (SSSR count). The molecule has 0 aliphatic rings. The maximum Gasteiger partial charge on any atom is 0.337 e. The molecule has 9 nitrogen and oxygen atoms in total. The fourth-order valence-electron chi connectivity index (χ4n) is 2.64. The van der Waals surface area contributed by atoms with Gasteiger partial charge >= 0.3 is 11.9 Å². The highest BCUT2D eigenvalue weighted by molar-refractivity contribution is 7.90. The first-order valence-electron chi connectivity index (χ1n) is 8.52. The summed E-state index contributed by atoms with van der Waals surface area (Å²) < 4.78 is 46.0. The monoisotopic (exact) mass is 450 g/mol. The van der Waals surface area contributed by atoms with Gasteiger partial charge in [-0.2, -0.15) is 8.42 Å². The molecule has 30 heavy (non-hydrogen) atoms. The number of benzene rings is 2. The number of carbonyl (C=O) groups is 2. The van der Waals surface area contributed by atoms with Crippen molar-refractivity contribution in [3.63, 3.8) is 0 Å². The predicted molar refractivity (Wildman–Crippen MR) is 109 cm³/mol. The number of hydrogen-bond acceptors (Lipinski definition) is 8. The summed E-state index contributed by atoms with van der Waals surface area (Å²) >= 11 is 1.02. The van der Waals surface area contributed by atoms with E-state index in [2.05, 4.69) is 4.40 Å². The summed E-state index contributed by atoms with van der Waals surface area (Å²) in [6.45, 7) is -0.245. The highest BCUT2D eigenvalue weighted by Crippen LogP contribution is 2.22. The van der Waals surface area contributed by atoms with Crippen LogP contribution in [0, 0.1) is 0 Å². The number of rotatable bonds is 6. The van der Waals surface area contributed by atoms with Crippen LogP contribution in [0.15, 0.2) is 51.8 Å². The Morgan fingerprint density at radius 1 is 1.03 bits per heavy atom. The van der Waals surface area contributed by atoms with Crippen LogP contribution in [0.3, 0.4) is 0 Å². The van der Waals surface area contributed by atoms with Crippen LogP contribution >= 0.6 is 11.3 Å². The number of aromatic nitrogens is 1. The standard InChI is InChI=1S/C19H18N2O7S2/c1-26-13-5-7-14(8-6-13)30(24,25)20-19-21(11-17(22)27-2)15-9-4-12(18(23)28-3)10-16(15)29-19/h4-10H,11H2,1-3H3. The molecule has 2 aromatic carbocycles. The third-order valence-corrected chi connectivity index (χ3v) is 6.61. The molecule has 11 heteroatoms. The molecule has 0 unspecified atom stereocenters. The van der Waals surface area contributed by atoms with Gasteiger partial charge in [-0.15, -0.1) is 4.40 Å². The number of ether oxygens (including phenoxy) is 3. The molecule has 3 aromatic rings. The van der Waals surface area contributed by atoms with E-state index in [9.17, 15) is 18.0 Å². The van der Waals surface area contributed by atoms with Gasteiger partial charge in [0.1, 0.15) is 12.3 Å². The number of hydrogen-bond donors (Lipinski definition) is 0. The molecule has 0 spiro atoms. The Labute approximate surface area is 176 Å². The van der Waals surface area contributed by atoms with Crippen LogP contribution in [0.4, 0.5) is 0 Å². The Morgan fingerprint density at radius 2 is 1.73 bits per heavy atom. The Morgan fingerprint density at radius 3 is 2.33 bits per heavy atom. The van der Waals surface area contributed by atoms with Gasteiger partial charge in [-0.1, -0.05) is 11.3 Å². The summed E-state index contributed by atoms with van der Waals surface area (Å²) in [5, 5.41) is 0. The van der Waals surface area contributed by atoms with E-state index in [0.29, 0.717) is 21.5 Å². The van der Waals surface area contributed by atoms with E-state index in [4.69, 9.17) is 14.2 Å². The Bertz CT molecular complexity index is 1270. The number of carbonyl (C=O) groups excluding carboxylic acids is 2. The van der Waals surface area contributed by atoms with Gasteiger partial charge < -0.3 is 18.8 Å². The van der Waals surface area contributed by atoms with E-state index in [1.165, 1.54) is 56.2 Å². The van der Waals surface area contributed by atoms with Gasteiger partial charge in [0.15, 0.2) is 0 Å². The second-order valence-corrected chi connectivity index (χ2v) is 8.58. The highest BCUT2D eigenvalue weighted by Gasteiger charge is 2.17. The Kier molecular flexibility index (Phi) is 6.22. The Balaban J connectivity index is 2.19. The predicted octanol–water partition coefficient (Wildman–Crippen LogP) is 1.96. The van der Waals surface area contributed by atoms with Crippen molar-refractivity contribution in [2.45, 2.75) is 11.4 Å². The molecule has 0 atom stereocenters. The minimum atomic E-state index is -4.07. The van der Waals surface area contributed by atoms with E-state index in [1.54, 1.807) is 12.1 Å². The molecule has 1 aromatic heterocycles. The zero-order valence-corrected chi connectivity index (χ0v) is 18.0. The molecule has 0 aliphatic carbocycles. The van der Waals surface area contributed by atoms with Crippen LogP contribution in [0.2, 0.25) is 0 Å². The SMILES string of the molecule is COC(=O)Cn1c(=NS(=O)(=O)c2ccc(OC)cc2)sc2cc(C(=O)OC)ccc21. The van der Waals surface area contributed by atoms with Crippen LogP contribution < -0.4 is 9.54 Å². The number of methoxy groups -OCH3 is 3. The van der Waals surface area contributed by atoms with Crippen LogP contribution in [-0.2, 0) is 30.8 Å². The third kappa shape index (κ3) is 4.36. The van der Waals surface area contributed by atoms with E-state index in [0.717, 1.165) is 11.3 Å². The second-order valence-electron chi connectivity index (χ2n) is 5.96. The summed E-state index contributed by atoms with van der Waals surface area (Å²) in [5.41, 5.74) is 0.822. The second kappa shape index (κ2) is 8.67. The fourth-order valence-corrected chi connectivity index (χ4v) is 4.91. The zero-order valence-electron chi connectivity index (χ0n) is 16.3. The van der Waals surface area contributed by atoms with Gasteiger partial charge in [-0.3, -0.25) is 4.79 Å². The number of fused-ring (bicyclic) bond motifs is 1. The molecule has 0 bridgehead atoms. The van der Waals surface area contributed by atoms with Crippen molar-refractivity contribution in [2.75, 3.05) is 21.3 Å². The number of nitrogens with zero attached hydrogens (tertiary/aromatic N) is 2. The minimum absolute atomic E-state index is 0.0272. The molecule has 0 saturated heterocycles. The van der Waals surface area contributed by atoms with Gasteiger partial charge in [0, 0.05) is 0 Å². The van der Waals surface area contributed by atoms with Crippen molar-refractivity contribution >= 4 is 43.5 Å². The minimum Gasteiger partial charge on any atom is -0.497 e. The van der Waals surface area contributed by atoms with Gasteiger partial charge in [0.25, 0.3) is 10.0 Å². The zero-order chi connectivity index (χ0) is 21.9. The van der Waals surface area contributed by atoms with Gasteiger partial charge in [0.2, 0.25) is 4.80 Å². The van der Waals surface area contributed by atoms with Gasteiger partial charge in [0.05, 0.1) is 42.0 Å². The quantitative estimate of drug-likeness (QED) is 0.528. The first kappa shape index (κ1) is 21.5. The summed E-state index contributed by atoms with van der Waals surface area (Å²) in [5.74, 6) is -0.601. The average Bonchev–Trinajstić information content (AvgIpc) is 3.08. The fraction of sp³-hybridized carbons (Fsp3) is 0.211. The van der Waals surface area contributed by atoms with Crippen molar-refractivity contribution in [3.8, 4) is 5.75 Å². The van der Waals surface area contributed by atoms with Gasteiger partial charge in [-0.25, -0.2) is 4.79 Å². The topological polar surface area (TPSA) is 113 Å². The summed E-state index contributed by atoms with van der Waals surface area (Å²) in [6.07, 6.45) is 0. The van der Waals surface area contributed by atoms with Crippen LogP contribution in [0.25, 0.3) is 10.2 Å². The molecule has 0 N–H and O–H groups in total. The molecular formula is C19H18N2O7S2. The summed E-state index contributed by atoms with van der Waals surface area (Å²) in [7, 11) is -0.0929. The van der Waals surface area contributed by atoms with E-state index >= 15 is 0 Å². The van der Waals surface area contributed by atoms with Crippen molar-refractivity contribution in [1.29, 1.82) is 0 Å². The maximum atomic E-state index is 12.8. The van der Waals surface area contributed by atoms with E-state index < -0.39 is 22.0 Å². The van der Waals surface area contributed by atoms with Crippen molar-refractivity contribution in [3.05, 3.63) is 52.8 Å². The number of sulfonamides is 1. The lowest BCUT2D eigenvalue weighted by Gasteiger charge is -2.05. The molecule has 1 heterocycles. The largest absolute Gasteiger partial charge is 0.497 e. The smallest absolute Gasteiger partial charge is 0.337 e. The molecule has 0 saturated carbocycles. The summed E-state index contributed by atoms with van der Waals surface area (Å²) in [4.78, 5) is 23.7. The molecule has 0 radical (unpaired) electrons. The molecular weight excluding hydrogens is 432 g/mol. The molecule has 0 fully saturated rings. The van der Waals surface area contributed by atoms with Crippen LogP contribution in [0.5, 0.6) is 5.75 Å². The highest BCUT2D eigenvalue weighted by atomic mass is 32.2. The summed E-state index contributed by atoms with van der Waals surface area (Å²) in [6, 6.07) is 10.5. The average molecular weight is 450 g/mol. The first-order chi connectivity index (χ1) is 14.3. The van der Waals surface area contributed by atoms with Crippen molar-refractivity contribution < 1.29 is 32.2 Å². The lowest BCUT2D eigenvalue weighted by molar-refractivity contribution is -0.141. The lowest BCUT2D eigenvalue weighted by atomic mass is 10.2. The van der Waals surface area contributed by atoms with Crippen LogP contribution in [-0.4, -0.2) is 46.3 Å². The number of esters is 2. The van der Waals surface area contributed by atoms with E-state index in [-0.39, 0.29) is 16.2 Å². The number of thiazole rings is 1. The van der Waals surface area contributed by atoms with Crippen LogP contribution in [0.1, 0.15) is 10.4 Å².